The summed E-state index contributed by atoms with van der Waals surface area (Å²) in [6.45, 7) is 4.28. The van der Waals surface area contributed by atoms with E-state index in [0.717, 1.165) is 16.7 Å². The first kappa shape index (κ1) is 33.2. The van der Waals surface area contributed by atoms with E-state index in [1.165, 1.54) is 0 Å². The molecule has 236 valence electrons. The van der Waals surface area contributed by atoms with Gasteiger partial charge >= 0.3 is 6.09 Å². The zero-order valence-electron chi connectivity index (χ0n) is 25.1. The number of alkyl carbamates (subject to hydrolysis) is 1. The molecule has 4 rings (SSSR count). The Bertz CT molecular complexity index is 1530. The molecule has 0 spiro atoms. The summed E-state index contributed by atoms with van der Waals surface area (Å²) in [6, 6.07) is 22.9. The molecule has 3 aromatic carbocycles. The lowest BCUT2D eigenvalue weighted by atomic mass is 9.76. The lowest BCUT2D eigenvalue weighted by Gasteiger charge is -2.35. The number of carbonyl (C=O) groups is 5. The molecule has 11 heteroatoms. The summed E-state index contributed by atoms with van der Waals surface area (Å²) in [6.07, 6.45) is -1.27. The first-order valence-electron chi connectivity index (χ1n) is 14.7. The molecule has 1 aliphatic rings. The molecule has 0 aliphatic carbocycles. The van der Waals surface area contributed by atoms with Crippen LogP contribution >= 0.6 is 11.6 Å². The lowest BCUT2D eigenvalue weighted by Crippen LogP contribution is -2.55. The Labute approximate surface area is 267 Å². The number of hydrogen-bond donors (Lipinski definition) is 4. The summed E-state index contributed by atoms with van der Waals surface area (Å²) < 4.78 is 6.06. The molecule has 1 fully saturated rings. The molecule has 4 unspecified atom stereocenters. The molecule has 0 radical (unpaired) electrons. The minimum atomic E-state index is -1.35. The number of carbonyl (C=O) groups excluding carboxylic acids is 5. The van der Waals surface area contributed by atoms with E-state index in [1.54, 1.807) is 30.3 Å². The predicted molar refractivity (Wildman–Crippen MR) is 169 cm³/mol. The fourth-order valence-corrected chi connectivity index (χ4v) is 5.66. The summed E-state index contributed by atoms with van der Waals surface area (Å²) in [5.41, 5.74) is 6.81. The van der Waals surface area contributed by atoms with Gasteiger partial charge in [0.1, 0.15) is 12.1 Å². The molecule has 4 amide bonds. The van der Waals surface area contributed by atoms with Crippen LogP contribution < -0.4 is 21.7 Å². The highest BCUT2D eigenvalue weighted by Crippen LogP contribution is 2.40. The van der Waals surface area contributed by atoms with Crippen molar-refractivity contribution in [3.05, 3.63) is 107 Å². The number of primary amides is 1. The van der Waals surface area contributed by atoms with E-state index in [2.05, 4.69) is 16.0 Å². The van der Waals surface area contributed by atoms with E-state index in [1.807, 2.05) is 68.4 Å². The van der Waals surface area contributed by atoms with Crippen molar-refractivity contribution in [2.24, 2.45) is 11.7 Å². The normalized spacial score (nSPS) is 16.5. The Kier molecular flexibility index (Phi) is 11.0. The second-order valence-corrected chi connectivity index (χ2v) is 12.1. The number of halogens is 1. The van der Waals surface area contributed by atoms with Gasteiger partial charge in [-0.15, -0.1) is 0 Å². The van der Waals surface area contributed by atoms with Crippen LogP contribution in [0.25, 0.3) is 0 Å². The zero-order chi connectivity index (χ0) is 32.6. The smallest absolute Gasteiger partial charge is 0.408 e. The Balaban J connectivity index is 1.59. The second-order valence-electron chi connectivity index (χ2n) is 11.6. The van der Waals surface area contributed by atoms with Gasteiger partial charge in [0.25, 0.3) is 5.91 Å². The number of benzene rings is 3. The topological polar surface area (TPSA) is 157 Å². The van der Waals surface area contributed by atoms with Crippen LogP contribution in [-0.2, 0) is 35.8 Å². The minimum Gasteiger partial charge on any atom is -0.440 e. The average Bonchev–Trinajstić information content (AvgIpc) is 3.43. The first-order chi connectivity index (χ1) is 21.5. The van der Waals surface area contributed by atoms with Gasteiger partial charge in [-0.1, -0.05) is 98.2 Å². The van der Waals surface area contributed by atoms with Crippen LogP contribution in [0.3, 0.4) is 0 Å². The van der Waals surface area contributed by atoms with Crippen LogP contribution in [0, 0.1) is 5.92 Å². The number of nitrogens with one attached hydrogen (secondary N) is 3. The predicted octanol–water partition coefficient (Wildman–Crippen LogP) is 3.76. The van der Waals surface area contributed by atoms with Gasteiger partial charge in [0.2, 0.25) is 17.6 Å². The number of Topliss-reactive ketones (excluding diaryl/α,β-unsaturated/α-hetero) is 1. The van der Waals surface area contributed by atoms with Crippen LogP contribution in [0.15, 0.2) is 84.9 Å². The van der Waals surface area contributed by atoms with Crippen LogP contribution in [0.1, 0.15) is 49.5 Å². The van der Waals surface area contributed by atoms with Gasteiger partial charge in [0.15, 0.2) is 0 Å². The van der Waals surface area contributed by atoms with Gasteiger partial charge in [-0.2, -0.15) is 0 Å². The van der Waals surface area contributed by atoms with E-state index in [4.69, 9.17) is 22.1 Å². The molecular weight excluding hydrogens is 596 g/mol. The highest BCUT2D eigenvalue weighted by molar-refractivity contribution is 6.38. The van der Waals surface area contributed by atoms with E-state index in [9.17, 15) is 24.0 Å². The summed E-state index contributed by atoms with van der Waals surface area (Å²) >= 11 is 6.29. The van der Waals surface area contributed by atoms with E-state index in [-0.39, 0.29) is 18.7 Å². The molecule has 1 aliphatic heterocycles. The van der Waals surface area contributed by atoms with Crippen molar-refractivity contribution in [1.82, 2.24) is 16.0 Å². The largest absolute Gasteiger partial charge is 0.440 e. The molecule has 0 aromatic heterocycles. The third kappa shape index (κ3) is 8.69. The molecule has 0 saturated carbocycles. The highest BCUT2D eigenvalue weighted by Gasteiger charge is 2.38. The Morgan fingerprint density at radius 1 is 0.956 bits per heavy atom. The number of rotatable bonds is 13. The molecule has 1 heterocycles. The van der Waals surface area contributed by atoms with Crippen molar-refractivity contribution in [2.75, 3.05) is 6.54 Å². The van der Waals surface area contributed by atoms with Gasteiger partial charge in [-0.05, 0) is 41.7 Å². The van der Waals surface area contributed by atoms with Gasteiger partial charge in [-0.25, -0.2) is 4.79 Å². The van der Waals surface area contributed by atoms with Crippen LogP contribution in [0.2, 0.25) is 5.02 Å². The molecule has 3 aromatic rings. The lowest BCUT2D eigenvalue weighted by molar-refractivity contribution is -0.139. The van der Waals surface area contributed by atoms with E-state index >= 15 is 0 Å². The molecular formula is C34H37ClN4O6. The van der Waals surface area contributed by atoms with E-state index < -0.39 is 53.2 Å². The van der Waals surface area contributed by atoms with Crippen molar-refractivity contribution < 1.29 is 28.7 Å². The summed E-state index contributed by atoms with van der Waals surface area (Å²) in [7, 11) is 0. The molecule has 4 atom stereocenters. The molecule has 0 bridgehead atoms. The number of amides is 4. The maximum absolute atomic E-state index is 13.7. The highest BCUT2D eigenvalue weighted by atomic mass is 35.5. The van der Waals surface area contributed by atoms with E-state index in [0.29, 0.717) is 18.0 Å². The van der Waals surface area contributed by atoms with Gasteiger partial charge in [0, 0.05) is 29.3 Å². The fraction of sp³-hybridized carbons (Fsp3) is 0.324. The van der Waals surface area contributed by atoms with Gasteiger partial charge < -0.3 is 26.4 Å². The molecule has 1 saturated heterocycles. The summed E-state index contributed by atoms with van der Waals surface area (Å²) in [5.74, 6) is -3.86. The fourth-order valence-electron chi connectivity index (χ4n) is 5.47. The van der Waals surface area contributed by atoms with Crippen LogP contribution in [-0.4, -0.2) is 48.2 Å². The third-order valence-electron chi connectivity index (χ3n) is 8.00. The number of nitrogens with two attached hydrogens (primary N) is 1. The molecule has 45 heavy (non-hydrogen) atoms. The van der Waals surface area contributed by atoms with Crippen molar-refractivity contribution in [3.63, 3.8) is 0 Å². The van der Waals surface area contributed by atoms with Crippen LogP contribution in [0.4, 0.5) is 4.79 Å². The Morgan fingerprint density at radius 2 is 1.62 bits per heavy atom. The Hall–Kier alpha value is -4.70. The number of hydrogen-bond acceptors (Lipinski definition) is 6. The zero-order valence-corrected chi connectivity index (χ0v) is 25.9. The van der Waals surface area contributed by atoms with Crippen LogP contribution in [0.5, 0.6) is 0 Å². The average molecular weight is 633 g/mol. The Morgan fingerprint density at radius 3 is 2.22 bits per heavy atom. The van der Waals surface area contributed by atoms with Crippen molar-refractivity contribution in [1.29, 1.82) is 0 Å². The van der Waals surface area contributed by atoms with Crippen molar-refractivity contribution in [3.8, 4) is 0 Å². The quantitative estimate of drug-likeness (QED) is 0.210. The molecule has 5 N–H and O–H groups in total. The van der Waals surface area contributed by atoms with Crippen molar-refractivity contribution in [2.45, 2.75) is 56.7 Å². The van der Waals surface area contributed by atoms with Gasteiger partial charge in [0.05, 0.1) is 6.04 Å². The second kappa shape index (κ2) is 14.9. The van der Waals surface area contributed by atoms with Gasteiger partial charge in [-0.3, -0.25) is 19.2 Å². The third-order valence-corrected chi connectivity index (χ3v) is 8.24. The number of ketones is 1. The van der Waals surface area contributed by atoms with Crippen molar-refractivity contribution >= 4 is 41.2 Å². The monoisotopic (exact) mass is 632 g/mol. The number of ether oxygens (including phenoxy) is 1. The molecule has 10 nitrogen and oxygen atoms in total. The maximum atomic E-state index is 13.7. The maximum Gasteiger partial charge on any atom is 0.408 e. The first-order valence-corrected chi connectivity index (χ1v) is 15.1. The SMILES string of the molecule is CC(C)(c1cccc(Cl)c1)C(OC(=O)NC(Cc1ccccc1)C(=O)NC(CC1CCNC1=O)C(=O)C(N)=O)c1ccccc1. The standard InChI is InChI=1S/C34H37ClN4O6/c1-34(2,24-14-9-15-25(35)20-24)29(22-12-7-4-8-13-22)45-33(44)39-27(18-21-10-5-3-6-11-21)32(43)38-26(28(40)30(36)41)19-23-16-17-37-31(23)42/h3-15,20,23,26-27,29H,16-19H2,1-2H3,(H2,36,41)(H,37,42)(H,38,43)(H,39,44). The summed E-state index contributed by atoms with van der Waals surface area (Å²) in [5, 5.41) is 8.45. The minimum absolute atomic E-state index is 0.0524. The summed E-state index contributed by atoms with van der Waals surface area (Å²) in [4.78, 5) is 64.0.